The molecule has 0 unspecified atom stereocenters. The number of rotatable bonds is 2. The third kappa shape index (κ3) is 2.48. The largest absolute Gasteiger partial charge is 0.482 e. The van der Waals surface area contributed by atoms with Crippen molar-refractivity contribution in [3.63, 3.8) is 0 Å². The molecule has 0 aliphatic carbocycles. The molecule has 6 heteroatoms. The quantitative estimate of drug-likeness (QED) is 0.743. The highest BCUT2D eigenvalue weighted by Gasteiger charge is 2.17. The van der Waals surface area contributed by atoms with Gasteiger partial charge in [-0.15, -0.1) is 0 Å². The van der Waals surface area contributed by atoms with E-state index in [9.17, 15) is 4.79 Å². The van der Waals surface area contributed by atoms with Crippen LogP contribution in [0.4, 0.5) is 22.7 Å². The second kappa shape index (κ2) is 4.94. The minimum atomic E-state index is -0.184. The van der Waals surface area contributed by atoms with E-state index in [0.29, 0.717) is 27.8 Å². The maximum absolute atomic E-state index is 11.3. The zero-order valence-corrected chi connectivity index (χ0v) is 11.2. The van der Waals surface area contributed by atoms with Crippen LogP contribution in [0.3, 0.4) is 0 Å². The van der Waals surface area contributed by atoms with Gasteiger partial charge >= 0.3 is 0 Å². The van der Waals surface area contributed by atoms with Crippen LogP contribution in [0, 0.1) is 0 Å². The van der Waals surface area contributed by atoms with E-state index in [2.05, 4.69) is 10.6 Å². The van der Waals surface area contributed by atoms with Crippen LogP contribution in [-0.2, 0) is 4.79 Å². The first-order chi connectivity index (χ1) is 9.61. The van der Waals surface area contributed by atoms with Gasteiger partial charge in [0, 0.05) is 16.8 Å². The lowest BCUT2D eigenvalue weighted by molar-refractivity contribution is -0.118. The van der Waals surface area contributed by atoms with Gasteiger partial charge in [-0.25, -0.2) is 0 Å². The second-order valence-corrected chi connectivity index (χ2v) is 4.84. The fourth-order valence-corrected chi connectivity index (χ4v) is 2.16. The van der Waals surface area contributed by atoms with Gasteiger partial charge in [0.05, 0.1) is 17.1 Å². The number of nitrogens with one attached hydrogen (secondary N) is 2. The summed E-state index contributed by atoms with van der Waals surface area (Å²) in [6, 6.07) is 10.7. The molecule has 0 spiro atoms. The van der Waals surface area contributed by atoms with Gasteiger partial charge in [0.1, 0.15) is 5.75 Å². The maximum atomic E-state index is 11.3. The zero-order chi connectivity index (χ0) is 14.1. The molecule has 0 aromatic heterocycles. The first-order valence-corrected chi connectivity index (χ1v) is 6.38. The lowest BCUT2D eigenvalue weighted by Gasteiger charge is -2.20. The number of hydrogen-bond acceptors (Lipinski definition) is 4. The number of benzene rings is 2. The topological polar surface area (TPSA) is 76.4 Å². The molecule has 0 saturated carbocycles. The molecule has 1 amide bonds. The number of ether oxygens (including phenoxy) is 1. The molecule has 0 saturated heterocycles. The van der Waals surface area contributed by atoms with Crippen LogP contribution in [-0.4, -0.2) is 12.5 Å². The molecule has 1 aliphatic heterocycles. The van der Waals surface area contributed by atoms with Crippen molar-refractivity contribution < 1.29 is 9.53 Å². The van der Waals surface area contributed by atoms with Crippen molar-refractivity contribution in [1.82, 2.24) is 0 Å². The van der Waals surface area contributed by atoms with Crippen LogP contribution >= 0.6 is 11.6 Å². The predicted molar refractivity (Wildman–Crippen MR) is 79.7 cm³/mol. The van der Waals surface area contributed by atoms with Crippen molar-refractivity contribution in [2.24, 2.45) is 0 Å². The number of nitrogens with two attached hydrogens (primary N) is 1. The first kappa shape index (κ1) is 12.6. The van der Waals surface area contributed by atoms with Crippen LogP contribution in [0.1, 0.15) is 0 Å². The smallest absolute Gasteiger partial charge is 0.262 e. The minimum Gasteiger partial charge on any atom is -0.482 e. The SMILES string of the molecule is Nc1cc2c(cc1Nc1cccc(Cl)c1)NC(=O)CO2. The molecule has 0 atom stereocenters. The number of anilines is 4. The van der Waals surface area contributed by atoms with E-state index in [4.69, 9.17) is 22.1 Å². The Kier molecular flexibility index (Phi) is 3.12. The normalized spacial score (nSPS) is 13.2. The summed E-state index contributed by atoms with van der Waals surface area (Å²) >= 11 is 5.94. The first-order valence-electron chi connectivity index (χ1n) is 6.00. The number of carbonyl (C=O) groups excluding carboxylic acids is 1. The summed E-state index contributed by atoms with van der Waals surface area (Å²) in [6.07, 6.45) is 0. The van der Waals surface area contributed by atoms with Crippen molar-refractivity contribution in [2.75, 3.05) is 23.0 Å². The third-order valence-corrected chi connectivity index (χ3v) is 3.12. The van der Waals surface area contributed by atoms with Gasteiger partial charge in [0.15, 0.2) is 6.61 Å². The second-order valence-electron chi connectivity index (χ2n) is 4.41. The zero-order valence-electron chi connectivity index (χ0n) is 10.4. The van der Waals surface area contributed by atoms with E-state index in [1.807, 2.05) is 12.1 Å². The van der Waals surface area contributed by atoms with Gasteiger partial charge in [-0.1, -0.05) is 17.7 Å². The number of halogens is 1. The van der Waals surface area contributed by atoms with E-state index < -0.39 is 0 Å². The Morgan fingerprint density at radius 3 is 2.95 bits per heavy atom. The summed E-state index contributed by atoms with van der Waals surface area (Å²) in [6.45, 7) is 0.00745. The third-order valence-electron chi connectivity index (χ3n) is 2.89. The fraction of sp³-hybridized carbons (Fsp3) is 0.0714. The van der Waals surface area contributed by atoms with Gasteiger partial charge < -0.3 is 21.1 Å². The molecular formula is C14H12ClN3O2. The lowest BCUT2D eigenvalue weighted by Crippen LogP contribution is -2.25. The van der Waals surface area contributed by atoms with E-state index >= 15 is 0 Å². The molecule has 5 nitrogen and oxygen atoms in total. The van der Waals surface area contributed by atoms with Gasteiger partial charge in [0.2, 0.25) is 0 Å². The number of amides is 1. The van der Waals surface area contributed by atoms with E-state index in [0.717, 1.165) is 5.69 Å². The molecule has 1 aliphatic rings. The van der Waals surface area contributed by atoms with Crippen LogP contribution in [0.2, 0.25) is 5.02 Å². The monoisotopic (exact) mass is 289 g/mol. The van der Waals surface area contributed by atoms with E-state index in [-0.39, 0.29) is 12.5 Å². The van der Waals surface area contributed by atoms with Crippen LogP contribution in [0.25, 0.3) is 0 Å². The Morgan fingerprint density at radius 2 is 2.15 bits per heavy atom. The molecule has 2 aromatic rings. The Labute approximate surface area is 120 Å². The molecule has 3 rings (SSSR count). The Hall–Kier alpha value is -2.40. The van der Waals surface area contributed by atoms with Crippen LogP contribution < -0.4 is 21.1 Å². The van der Waals surface area contributed by atoms with Crippen molar-refractivity contribution >= 4 is 40.3 Å². The van der Waals surface area contributed by atoms with Crippen LogP contribution in [0.5, 0.6) is 5.75 Å². The Balaban J connectivity index is 1.94. The fourth-order valence-electron chi connectivity index (χ4n) is 1.97. The van der Waals surface area contributed by atoms with Crippen LogP contribution in [0.15, 0.2) is 36.4 Å². The summed E-state index contributed by atoms with van der Waals surface area (Å²) in [7, 11) is 0. The molecule has 2 aromatic carbocycles. The molecule has 0 fully saturated rings. The van der Waals surface area contributed by atoms with Crippen molar-refractivity contribution in [2.45, 2.75) is 0 Å². The molecular weight excluding hydrogens is 278 g/mol. The maximum Gasteiger partial charge on any atom is 0.262 e. The Bertz CT molecular complexity index is 688. The Morgan fingerprint density at radius 1 is 1.30 bits per heavy atom. The van der Waals surface area contributed by atoms with Crippen molar-refractivity contribution in [1.29, 1.82) is 0 Å². The summed E-state index contributed by atoms with van der Waals surface area (Å²) in [4.78, 5) is 11.3. The number of nitrogen functional groups attached to an aromatic ring is 1. The molecule has 0 bridgehead atoms. The highest BCUT2D eigenvalue weighted by molar-refractivity contribution is 6.30. The standard InChI is InChI=1S/C14H12ClN3O2/c15-8-2-1-3-9(4-8)17-11-6-12-13(5-10(11)16)20-7-14(19)18-12/h1-6,17H,7,16H2,(H,18,19). The van der Waals surface area contributed by atoms with E-state index in [1.165, 1.54) is 0 Å². The van der Waals surface area contributed by atoms with Gasteiger partial charge in [-0.05, 0) is 24.3 Å². The van der Waals surface area contributed by atoms with Gasteiger partial charge in [-0.2, -0.15) is 0 Å². The molecule has 102 valence electrons. The summed E-state index contributed by atoms with van der Waals surface area (Å²) in [5.74, 6) is 0.384. The van der Waals surface area contributed by atoms with Crippen molar-refractivity contribution in [3.05, 3.63) is 41.4 Å². The average molecular weight is 290 g/mol. The number of carbonyl (C=O) groups is 1. The highest BCUT2D eigenvalue weighted by atomic mass is 35.5. The summed E-state index contributed by atoms with van der Waals surface area (Å²) in [5, 5.41) is 6.53. The van der Waals surface area contributed by atoms with Gasteiger partial charge in [0.25, 0.3) is 5.91 Å². The molecule has 20 heavy (non-hydrogen) atoms. The summed E-state index contributed by atoms with van der Waals surface area (Å²) < 4.78 is 5.30. The molecule has 4 N–H and O–H groups in total. The number of hydrogen-bond donors (Lipinski definition) is 3. The van der Waals surface area contributed by atoms with E-state index in [1.54, 1.807) is 24.3 Å². The lowest BCUT2D eigenvalue weighted by atomic mass is 10.2. The minimum absolute atomic E-state index is 0.00745. The predicted octanol–water partition coefficient (Wildman–Crippen LogP) is 3.00. The summed E-state index contributed by atoms with van der Waals surface area (Å²) in [5.41, 5.74) is 8.59. The van der Waals surface area contributed by atoms with Crippen molar-refractivity contribution in [3.8, 4) is 5.75 Å². The highest BCUT2D eigenvalue weighted by Crippen LogP contribution is 2.36. The number of fused-ring (bicyclic) bond motifs is 1. The van der Waals surface area contributed by atoms with Gasteiger partial charge in [-0.3, -0.25) is 4.79 Å². The molecule has 1 heterocycles. The molecule has 0 radical (unpaired) electrons. The average Bonchev–Trinajstić information content (AvgIpc) is 2.40.